The van der Waals surface area contributed by atoms with Crippen LogP contribution in [-0.4, -0.2) is 5.97 Å². The largest absolute Gasteiger partial charge is 0.427 e. The average molecular weight is 192 g/mol. The Morgan fingerprint density at radius 3 is 3.07 bits per heavy atom. The Morgan fingerprint density at radius 1 is 1.57 bits per heavy atom. The van der Waals surface area contributed by atoms with Crippen molar-refractivity contribution >= 4 is 5.97 Å². The van der Waals surface area contributed by atoms with Crippen molar-refractivity contribution in [1.29, 1.82) is 0 Å². The molecule has 0 bridgehead atoms. The second kappa shape index (κ2) is 3.60. The summed E-state index contributed by atoms with van der Waals surface area (Å²) >= 11 is 0. The van der Waals surface area contributed by atoms with Crippen molar-refractivity contribution in [2.24, 2.45) is 11.8 Å². The first-order valence-electron chi connectivity index (χ1n) is 5.32. The van der Waals surface area contributed by atoms with Crippen LogP contribution < -0.4 is 0 Å². The van der Waals surface area contributed by atoms with Gasteiger partial charge in [-0.1, -0.05) is 19.9 Å². The van der Waals surface area contributed by atoms with Gasteiger partial charge in [0.1, 0.15) is 5.76 Å². The summed E-state index contributed by atoms with van der Waals surface area (Å²) in [6.07, 6.45) is 7.36. The number of cyclic esters (lactones) is 1. The molecular weight excluding hydrogens is 176 g/mol. The Kier molecular flexibility index (Phi) is 2.44. The van der Waals surface area contributed by atoms with Crippen LogP contribution in [0.1, 0.15) is 33.1 Å². The van der Waals surface area contributed by atoms with E-state index in [1.165, 1.54) is 6.42 Å². The average Bonchev–Trinajstić information content (AvgIpc) is 2.44. The highest BCUT2D eigenvalue weighted by atomic mass is 16.5. The molecule has 1 fully saturated rings. The SMILES string of the molecule is CC(C)C=C1OC(=O)C2=CCCCC12. The predicted molar refractivity (Wildman–Crippen MR) is 54.4 cm³/mol. The van der Waals surface area contributed by atoms with Gasteiger partial charge in [-0.2, -0.15) is 0 Å². The summed E-state index contributed by atoms with van der Waals surface area (Å²) in [7, 11) is 0. The van der Waals surface area contributed by atoms with E-state index in [9.17, 15) is 4.79 Å². The molecule has 1 unspecified atom stereocenters. The molecule has 2 heteroatoms. The standard InChI is InChI=1S/C12H16O2/c1-8(2)7-11-9-5-3-4-6-10(9)12(13)14-11/h6-9H,3-5H2,1-2H3. The van der Waals surface area contributed by atoms with Crippen LogP contribution in [0.25, 0.3) is 0 Å². The lowest BCUT2D eigenvalue weighted by molar-refractivity contribution is -0.132. The van der Waals surface area contributed by atoms with Crippen molar-refractivity contribution in [1.82, 2.24) is 0 Å². The molecule has 0 saturated carbocycles. The molecule has 0 radical (unpaired) electrons. The van der Waals surface area contributed by atoms with E-state index in [4.69, 9.17) is 4.74 Å². The molecule has 14 heavy (non-hydrogen) atoms. The van der Waals surface area contributed by atoms with E-state index in [1.54, 1.807) is 0 Å². The number of hydrogen-bond acceptors (Lipinski definition) is 2. The number of allylic oxidation sites excluding steroid dienone is 3. The van der Waals surface area contributed by atoms with Crippen molar-refractivity contribution in [3.05, 3.63) is 23.5 Å². The Labute approximate surface area is 84.6 Å². The van der Waals surface area contributed by atoms with Crippen LogP contribution in [-0.2, 0) is 9.53 Å². The molecule has 0 N–H and O–H groups in total. The van der Waals surface area contributed by atoms with Crippen LogP contribution in [0.15, 0.2) is 23.5 Å². The van der Waals surface area contributed by atoms with Crippen molar-refractivity contribution < 1.29 is 9.53 Å². The first-order valence-corrected chi connectivity index (χ1v) is 5.32. The maximum atomic E-state index is 11.5. The topological polar surface area (TPSA) is 26.3 Å². The third-order valence-electron chi connectivity index (χ3n) is 2.72. The van der Waals surface area contributed by atoms with Gasteiger partial charge >= 0.3 is 5.97 Å². The van der Waals surface area contributed by atoms with E-state index in [0.717, 1.165) is 24.2 Å². The summed E-state index contributed by atoms with van der Waals surface area (Å²) in [4.78, 5) is 11.5. The van der Waals surface area contributed by atoms with Gasteiger partial charge in [0.05, 0.1) is 0 Å². The van der Waals surface area contributed by atoms with E-state index < -0.39 is 0 Å². The predicted octanol–water partition coefficient (Wildman–Crippen LogP) is 2.81. The number of esters is 1. The monoisotopic (exact) mass is 192 g/mol. The Balaban J connectivity index is 2.28. The van der Waals surface area contributed by atoms with E-state index in [1.807, 2.05) is 6.08 Å². The molecule has 1 aliphatic carbocycles. The smallest absolute Gasteiger partial charge is 0.339 e. The highest BCUT2D eigenvalue weighted by Gasteiger charge is 2.36. The van der Waals surface area contributed by atoms with Gasteiger partial charge in [0.15, 0.2) is 0 Å². The van der Waals surface area contributed by atoms with Crippen molar-refractivity contribution in [3.63, 3.8) is 0 Å². The van der Waals surface area contributed by atoms with Gasteiger partial charge in [-0.25, -0.2) is 4.79 Å². The normalized spacial score (nSPS) is 29.1. The Bertz CT molecular complexity index is 310. The molecule has 1 atom stereocenters. The molecule has 0 aromatic heterocycles. The molecule has 0 amide bonds. The zero-order valence-electron chi connectivity index (χ0n) is 8.75. The molecule has 2 nitrogen and oxygen atoms in total. The highest BCUT2D eigenvalue weighted by molar-refractivity contribution is 5.93. The first-order chi connectivity index (χ1) is 6.68. The second-order valence-electron chi connectivity index (χ2n) is 4.35. The Morgan fingerprint density at radius 2 is 2.36 bits per heavy atom. The maximum Gasteiger partial charge on any atom is 0.339 e. The fourth-order valence-electron chi connectivity index (χ4n) is 2.11. The van der Waals surface area contributed by atoms with Crippen molar-refractivity contribution in [2.75, 3.05) is 0 Å². The van der Waals surface area contributed by atoms with Crippen LogP contribution >= 0.6 is 0 Å². The van der Waals surface area contributed by atoms with Gasteiger partial charge in [-0.05, 0) is 31.3 Å². The van der Waals surface area contributed by atoms with Gasteiger partial charge in [-0.15, -0.1) is 0 Å². The lowest BCUT2D eigenvalue weighted by Crippen LogP contribution is -2.07. The van der Waals surface area contributed by atoms with Crippen LogP contribution in [0.2, 0.25) is 0 Å². The lowest BCUT2D eigenvalue weighted by Gasteiger charge is -2.14. The summed E-state index contributed by atoms with van der Waals surface area (Å²) in [5.74, 6) is 1.47. The molecule has 2 rings (SSSR count). The van der Waals surface area contributed by atoms with Crippen LogP contribution in [0, 0.1) is 11.8 Å². The minimum absolute atomic E-state index is 0.124. The van der Waals surface area contributed by atoms with Gasteiger partial charge < -0.3 is 4.74 Å². The fraction of sp³-hybridized carbons (Fsp3) is 0.583. The van der Waals surface area contributed by atoms with E-state index in [0.29, 0.717) is 5.92 Å². The summed E-state index contributed by atoms with van der Waals surface area (Å²) in [6, 6.07) is 0. The minimum atomic E-state index is -0.124. The van der Waals surface area contributed by atoms with E-state index in [2.05, 4.69) is 19.9 Å². The van der Waals surface area contributed by atoms with Crippen LogP contribution in [0.5, 0.6) is 0 Å². The number of hydrogen-bond donors (Lipinski definition) is 0. The summed E-state index contributed by atoms with van der Waals surface area (Å²) in [5.41, 5.74) is 0.892. The second-order valence-corrected chi connectivity index (χ2v) is 4.35. The van der Waals surface area contributed by atoms with Crippen LogP contribution in [0.3, 0.4) is 0 Å². The number of carbonyl (C=O) groups excluding carboxylic acids is 1. The maximum absolute atomic E-state index is 11.5. The number of carbonyl (C=O) groups is 1. The first kappa shape index (κ1) is 9.50. The third kappa shape index (κ3) is 1.61. The molecule has 76 valence electrons. The fourth-order valence-corrected chi connectivity index (χ4v) is 2.11. The van der Waals surface area contributed by atoms with E-state index in [-0.39, 0.29) is 11.9 Å². The number of rotatable bonds is 1. The third-order valence-corrected chi connectivity index (χ3v) is 2.72. The summed E-state index contributed by atoms with van der Waals surface area (Å²) in [5, 5.41) is 0. The summed E-state index contributed by atoms with van der Waals surface area (Å²) in [6.45, 7) is 4.21. The van der Waals surface area contributed by atoms with Gasteiger partial charge in [-0.3, -0.25) is 0 Å². The molecule has 0 spiro atoms. The van der Waals surface area contributed by atoms with E-state index >= 15 is 0 Å². The zero-order valence-corrected chi connectivity index (χ0v) is 8.75. The van der Waals surface area contributed by atoms with Gasteiger partial charge in [0.25, 0.3) is 0 Å². The van der Waals surface area contributed by atoms with Crippen molar-refractivity contribution in [3.8, 4) is 0 Å². The minimum Gasteiger partial charge on any atom is -0.427 e. The quantitative estimate of drug-likeness (QED) is 0.597. The molecule has 0 aromatic carbocycles. The lowest BCUT2D eigenvalue weighted by atomic mass is 9.87. The number of fused-ring (bicyclic) bond motifs is 1. The molecule has 0 aromatic rings. The molecule has 1 aliphatic heterocycles. The molecular formula is C12H16O2. The van der Waals surface area contributed by atoms with Gasteiger partial charge in [0, 0.05) is 11.5 Å². The molecule has 1 heterocycles. The van der Waals surface area contributed by atoms with Gasteiger partial charge in [0.2, 0.25) is 0 Å². The molecule has 1 saturated heterocycles. The zero-order chi connectivity index (χ0) is 10.1. The van der Waals surface area contributed by atoms with Crippen molar-refractivity contribution in [2.45, 2.75) is 33.1 Å². The highest BCUT2D eigenvalue weighted by Crippen LogP contribution is 2.38. The molecule has 2 aliphatic rings. The Hall–Kier alpha value is -1.05. The van der Waals surface area contributed by atoms with Crippen LogP contribution in [0.4, 0.5) is 0 Å². The summed E-state index contributed by atoms with van der Waals surface area (Å²) < 4.78 is 5.27. The number of ether oxygens (including phenoxy) is 1.